The molecule has 200 valence electrons. The van der Waals surface area contributed by atoms with E-state index in [-0.39, 0.29) is 33.8 Å². The number of rotatable bonds is 5. The van der Waals surface area contributed by atoms with Crippen LogP contribution in [0.1, 0.15) is 57.7 Å². The highest BCUT2D eigenvalue weighted by Crippen LogP contribution is 2.41. The molecule has 0 bridgehead atoms. The minimum atomic E-state index is -0.661. The molecule has 0 saturated carbocycles. The number of anilines is 2. The van der Waals surface area contributed by atoms with Crippen molar-refractivity contribution in [2.24, 2.45) is 0 Å². The fourth-order valence-electron chi connectivity index (χ4n) is 4.49. The van der Waals surface area contributed by atoms with Crippen molar-refractivity contribution in [2.75, 3.05) is 25.5 Å². The lowest BCUT2D eigenvalue weighted by molar-refractivity contribution is 0.0000685. The second-order valence-corrected chi connectivity index (χ2v) is 10.9. The number of amides is 1. The Morgan fingerprint density at radius 3 is 2.54 bits per heavy atom. The quantitative estimate of drug-likeness (QED) is 0.418. The van der Waals surface area contributed by atoms with Crippen LogP contribution in [0.25, 0.3) is 0 Å². The van der Waals surface area contributed by atoms with E-state index in [1.807, 2.05) is 27.7 Å². The number of fused-ring (bicyclic) bond motifs is 1. The van der Waals surface area contributed by atoms with Gasteiger partial charge in [-0.3, -0.25) is 0 Å². The summed E-state index contributed by atoms with van der Waals surface area (Å²) in [5, 5.41) is 3.01. The van der Waals surface area contributed by atoms with Crippen molar-refractivity contribution in [3.05, 3.63) is 57.1 Å². The van der Waals surface area contributed by atoms with Crippen molar-refractivity contribution in [1.82, 2.24) is 14.9 Å². The molecular formula is C26H31Cl2FN4O4. The molecule has 1 aliphatic heterocycles. The van der Waals surface area contributed by atoms with E-state index in [2.05, 4.69) is 15.3 Å². The Balaban J connectivity index is 1.52. The van der Waals surface area contributed by atoms with Crippen LogP contribution >= 0.6 is 23.2 Å². The van der Waals surface area contributed by atoms with Crippen LogP contribution < -0.4 is 5.32 Å². The third-order valence-corrected chi connectivity index (χ3v) is 7.10. The van der Waals surface area contributed by atoms with Crippen LogP contribution in [0.5, 0.6) is 0 Å². The van der Waals surface area contributed by atoms with Gasteiger partial charge in [0, 0.05) is 37.4 Å². The summed E-state index contributed by atoms with van der Waals surface area (Å²) in [4.78, 5) is 22.9. The Bertz CT molecular complexity index is 1210. The van der Waals surface area contributed by atoms with Crippen molar-refractivity contribution >= 4 is 40.8 Å². The van der Waals surface area contributed by atoms with Gasteiger partial charge in [0.05, 0.1) is 35.0 Å². The van der Waals surface area contributed by atoms with Gasteiger partial charge in [-0.05, 0) is 32.9 Å². The summed E-state index contributed by atoms with van der Waals surface area (Å²) in [6.07, 6.45) is 2.73. The maximum Gasteiger partial charge on any atom is 0.410 e. The summed E-state index contributed by atoms with van der Waals surface area (Å²) in [6.45, 7) is 8.60. The van der Waals surface area contributed by atoms with Crippen LogP contribution in [0.3, 0.4) is 0 Å². The summed E-state index contributed by atoms with van der Waals surface area (Å²) in [7, 11) is 1.60. The molecule has 37 heavy (non-hydrogen) atoms. The third-order valence-electron chi connectivity index (χ3n) is 6.32. The number of nitrogens with one attached hydrogen (secondary N) is 1. The number of piperidine rings is 1. The van der Waals surface area contributed by atoms with Gasteiger partial charge in [-0.1, -0.05) is 30.1 Å². The van der Waals surface area contributed by atoms with E-state index in [0.29, 0.717) is 49.7 Å². The Hall–Kier alpha value is -2.78. The van der Waals surface area contributed by atoms with Crippen LogP contribution in [-0.2, 0) is 20.6 Å². The van der Waals surface area contributed by atoms with Crippen LogP contribution in [-0.4, -0.2) is 52.9 Å². The lowest BCUT2D eigenvalue weighted by atomic mass is 9.89. The van der Waals surface area contributed by atoms with Gasteiger partial charge in [-0.2, -0.15) is 0 Å². The SMILES string of the molecule is COC1=C(OC2CCN(C(=O)OC(C)(C)C)CC2)C(C)c2c(ncnc2Nc2ccc(Cl)c(Cl)c2F)C1. The van der Waals surface area contributed by atoms with Crippen molar-refractivity contribution < 1.29 is 23.4 Å². The largest absolute Gasteiger partial charge is 0.497 e. The number of allylic oxidation sites excluding steroid dienone is 2. The van der Waals surface area contributed by atoms with E-state index in [9.17, 15) is 9.18 Å². The first-order chi connectivity index (χ1) is 17.5. The normalized spacial score (nSPS) is 18.4. The van der Waals surface area contributed by atoms with Crippen molar-refractivity contribution in [3.8, 4) is 0 Å². The number of halogens is 3. The average Bonchev–Trinajstić information content (AvgIpc) is 2.85. The molecule has 1 aliphatic carbocycles. The molecule has 1 aromatic heterocycles. The number of likely N-dealkylation sites (tertiary alicyclic amines) is 1. The summed E-state index contributed by atoms with van der Waals surface area (Å²) in [6, 6.07) is 3.03. The van der Waals surface area contributed by atoms with E-state index >= 15 is 0 Å². The van der Waals surface area contributed by atoms with Crippen LogP contribution in [0.2, 0.25) is 10.0 Å². The molecule has 1 atom stereocenters. The first-order valence-corrected chi connectivity index (χ1v) is 12.9. The Morgan fingerprint density at radius 2 is 1.89 bits per heavy atom. The van der Waals surface area contributed by atoms with Gasteiger partial charge in [0.1, 0.15) is 35.4 Å². The molecular weight excluding hydrogens is 522 g/mol. The zero-order chi connectivity index (χ0) is 26.9. The number of methoxy groups -OCH3 is 1. The first-order valence-electron chi connectivity index (χ1n) is 12.1. The van der Waals surface area contributed by atoms with E-state index in [1.165, 1.54) is 18.5 Å². The summed E-state index contributed by atoms with van der Waals surface area (Å²) < 4.78 is 32.4. The summed E-state index contributed by atoms with van der Waals surface area (Å²) in [5.74, 6) is 0.882. The number of carbonyl (C=O) groups excluding carboxylic acids is 1. The molecule has 1 fully saturated rings. The lowest BCUT2D eigenvalue weighted by Crippen LogP contribution is -2.43. The number of hydrogen-bond donors (Lipinski definition) is 1. The highest BCUT2D eigenvalue weighted by atomic mass is 35.5. The molecule has 1 unspecified atom stereocenters. The Kier molecular flexibility index (Phi) is 8.04. The minimum absolute atomic E-state index is 0.101. The molecule has 1 saturated heterocycles. The van der Waals surface area contributed by atoms with E-state index < -0.39 is 11.4 Å². The number of aromatic nitrogens is 2. The highest BCUT2D eigenvalue weighted by Gasteiger charge is 2.35. The van der Waals surface area contributed by atoms with Crippen LogP contribution in [0.4, 0.5) is 20.7 Å². The zero-order valence-electron chi connectivity index (χ0n) is 21.5. The van der Waals surface area contributed by atoms with Crippen molar-refractivity contribution in [3.63, 3.8) is 0 Å². The predicted molar refractivity (Wildman–Crippen MR) is 140 cm³/mol. The molecule has 1 N–H and O–H groups in total. The molecule has 0 radical (unpaired) electrons. The smallest absolute Gasteiger partial charge is 0.410 e. The highest BCUT2D eigenvalue weighted by molar-refractivity contribution is 6.42. The molecule has 2 heterocycles. The second-order valence-electron chi connectivity index (χ2n) is 10.1. The van der Waals surface area contributed by atoms with E-state index in [4.69, 9.17) is 37.4 Å². The average molecular weight is 553 g/mol. The topological polar surface area (TPSA) is 85.8 Å². The van der Waals surface area contributed by atoms with Gasteiger partial charge in [-0.25, -0.2) is 19.2 Å². The monoisotopic (exact) mass is 552 g/mol. The number of carbonyl (C=O) groups is 1. The molecule has 1 amide bonds. The van der Waals surface area contributed by atoms with E-state index in [1.54, 1.807) is 12.0 Å². The molecule has 2 aromatic rings. The molecule has 1 aromatic carbocycles. The van der Waals surface area contributed by atoms with Gasteiger partial charge in [-0.15, -0.1) is 0 Å². The zero-order valence-corrected chi connectivity index (χ0v) is 23.0. The molecule has 0 spiro atoms. The second kappa shape index (κ2) is 10.9. The maximum absolute atomic E-state index is 14.7. The van der Waals surface area contributed by atoms with Crippen molar-refractivity contribution in [2.45, 2.75) is 64.6 Å². The predicted octanol–water partition coefficient (Wildman–Crippen LogP) is 6.60. The molecule has 4 rings (SSSR count). The summed E-state index contributed by atoms with van der Waals surface area (Å²) >= 11 is 11.9. The molecule has 11 heteroatoms. The van der Waals surface area contributed by atoms with Gasteiger partial charge in [0.2, 0.25) is 0 Å². The standard InChI is InChI=1S/C26H31Cl2FN4O4/c1-14-20-18(30-13-31-24(20)32-17-7-6-16(27)21(28)22(17)29)12-19(35-5)23(14)36-15-8-10-33(11-9-15)25(34)37-26(2,3)4/h6-7,13-15H,8-12H2,1-5H3,(H,30,31,32). The van der Waals surface area contributed by atoms with Gasteiger partial charge >= 0.3 is 6.09 Å². The Labute approximate surface area is 226 Å². The van der Waals surface area contributed by atoms with Crippen LogP contribution in [0.15, 0.2) is 30.0 Å². The van der Waals surface area contributed by atoms with Crippen LogP contribution in [0, 0.1) is 5.82 Å². The fourth-order valence-corrected chi connectivity index (χ4v) is 4.80. The van der Waals surface area contributed by atoms with Gasteiger partial charge in [0.25, 0.3) is 0 Å². The number of ether oxygens (including phenoxy) is 3. The molecule has 2 aliphatic rings. The summed E-state index contributed by atoms with van der Waals surface area (Å²) in [5.41, 5.74) is 1.16. The first kappa shape index (κ1) is 27.3. The lowest BCUT2D eigenvalue weighted by Gasteiger charge is -2.36. The number of hydrogen-bond acceptors (Lipinski definition) is 7. The van der Waals surface area contributed by atoms with Gasteiger partial charge < -0.3 is 24.4 Å². The molecule has 8 nitrogen and oxygen atoms in total. The van der Waals surface area contributed by atoms with E-state index in [0.717, 1.165) is 11.3 Å². The third kappa shape index (κ3) is 6.04. The minimum Gasteiger partial charge on any atom is -0.497 e. The number of nitrogens with zero attached hydrogens (tertiary/aromatic N) is 3. The van der Waals surface area contributed by atoms with Gasteiger partial charge in [0.15, 0.2) is 5.82 Å². The number of benzene rings is 1. The van der Waals surface area contributed by atoms with Crippen molar-refractivity contribution in [1.29, 1.82) is 0 Å². The Morgan fingerprint density at radius 1 is 1.19 bits per heavy atom. The fraction of sp³-hybridized carbons (Fsp3) is 0.500. The maximum atomic E-state index is 14.7.